The number of anilines is 1. The normalized spacial score (nSPS) is 12.8. The standard InChI is InChI=1S/C28H32N4O2/c1-19-17-22(34-4)13-14-23(19)26-20(2)30-32-27(26)29-25-12-8-11-24(25)28(32)31(15-16-33-3)18-21-9-6-5-7-10-21/h5-7,9-10,13-14,17H,8,11-12,15-16,18H2,1-4H3. The van der Waals surface area contributed by atoms with E-state index in [4.69, 9.17) is 19.6 Å². The van der Waals surface area contributed by atoms with Crippen LogP contribution >= 0.6 is 0 Å². The fourth-order valence-electron chi connectivity index (χ4n) is 5.06. The molecule has 6 nitrogen and oxygen atoms in total. The second-order valence-corrected chi connectivity index (χ2v) is 8.99. The van der Waals surface area contributed by atoms with Crippen LogP contribution in [0.15, 0.2) is 48.5 Å². The summed E-state index contributed by atoms with van der Waals surface area (Å²) >= 11 is 0. The first-order valence-corrected chi connectivity index (χ1v) is 11.9. The maximum Gasteiger partial charge on any atom is 0.165 e. The summed E-state index contributed by atoms with van der Waals surface area (Å²) in [6.45, 7) is 6.43. The van der Waals surface area contributed by atoms with Crippen LogP contribution in [0.3, 0.4) is 0 Å². The Balaban J connectivity index is 1.71. The lowest BCUT2D eigenvalue weighted by Gasteiger charge is -2.27. The minimum atomic E-state index is 0.649. The number of hydrogen-bond acceptors (Lipinski definition) is 5. The third-order valence-corrected chi connectivity index (χ3v) is 6.72. The molecule has 0 radical (unpaired) electrons. The summed E-state index contributed by atoms with van der Waals surface area (Å²) in [5, 5.41) is 5.06. The van der Waals surface area contributed by atoms with Gasteiger partial charge in [-0.1, -0.05) is 36.4 Å². The van der Waals surface area contributed by atoms with Crippen LogP contribution in [-0.2, 0) is 24.1 Å². The van der Waals surface area contributed by atoms with Crippen LogP contribution in [0.1, 0.15) is 34.5 Å². The summed E-state index contributed by atoms with van der Waals surface area (Å²) in [6.07, 6.45) is 3.16. The Morgan fingerprint density at radius 3 is 2.59 bits per heavy atom. The third-order valence-electron chi connectivity index (χ3n) is 6.72. The molecule has 0 aliphatic heterocycles. The molecule has 0 bridgehead atoms. The molecule has 1 aliphatic rings. The van der Waals surface area contributed by atoms with E-state index in [2.05, 4.69) is 65.7 Å². The van der Waals surface area contributed by atoms with E-state index in [-0.39, 0.29) is 0 Å². The lowest BCUT2D eigenvalue weighted by Crippen LogP contribution is -2.30. The molecule has 4 aromatic rings. The molecule has 0 atom stereocenters. The highest BCUT2D eigenvalue weighted by molar-refractivity contribution is 5.83. The summed E-state index contributed by atoms with van der Waals surface area (Å²) < 4.78 is 13.0. The van der Waals surface area contributed by atoms with Gasteiger partial charge in [0.15, 0.2) is 5.65 Å². The molecule has 0 saturated heterocycles. The van der Waals surface area contributed by atoms with Crippen molar-refractivity contribution in [2.45, 2.75) is 39.7 Å². The molecule has 2 aromatic heterocycles. The molecule has 0 spiro atoms. The monoisotopic (exact) mass is 456 g/mol. The summed E-state index contributed by atoms with van der Waals surface area (Å²) in [5.74, 6) is 2.01. The average molecular weight is 457 g/mol. The molecule has 1 aliphatic carbocycles. The molecule has 0 unspecified atom stereocenters. The second-order valence-electron chi connectivity index (χ2n) is 8.99. The maximum absolute atomic E-state index is 5.50. The predicted octanol–water partition coefficient (Wildman–Crippen LogP) is 5.16. The zero-order valence-electron chi connectivity index (χ0n) is 20.5. The van der Waals surface area contributed by atoms with Crippen LogP contribution in [0.2, 0.25) is 0 Å². The van der Waals surface area contributed by atoms with E-state index < -0.39 is 0 Å². The SMILES string of the molecule is COCCN(Cc1ccccc1)c1c2c(nc3c(-c4ccc(OC)cc4C)c(C)nn13)CCC2. The Morgan fingerprint density at radius 2 is 1.85 bits per heavy atom. The van der Waals surface area contributed by atoms with Crippen molar-refractivity contribution in [2.24, 2.45) is 0 Å². The zero-order chi connectivity index (χ0) is 23.7. The van der Waals surface area contributed by atoms with Gasteiger partial charge in [-0.25, -0.2) is 4.98 Å². The van der Waals surface area contributed by atoms with Gasteiger partial charge in [0.1, 0.15) is 11.6 Å². The fraction of sp³-hybridized carbons (Fsp3) is 0.357. The number of aromatic nitrogens is 3. The first-order valence-electron chi connectivity index (χ1n) is 11.9. The maximum atomic E-state index is 5.50. The zero-order valence-corrected chi connectivity index (χ0v) is 20.5. The summed E-state index contributed by atoms with van der Waals surface area (Å²) in [5.41, 5.74) is 9.10. The smallest absolute Gasteiger partial charge is 0.165 e. The Bertz CT molecular complexity index is 1310. The number of methoxy groups -OCH3 is 2. The Morgan fingerprint density at radius 1 is 1.03 bits per heavy atom. The summed E-state index contributed by atoms with van der Waals surface area (Å²) in [4.78, 5) is 7.59. The van der Waals surface area contributed by atoms with E-state index in [1.165, 1.54) is 16.8 Å². The molecule has 0 fully saturated rings. The number of benzene rings is 2. The van der Waals surface area contributed by atoms with E-state index >= 15 is 0 Å². The van der Waals surface area contributed by atoms with Crippen LogP contribution in [0.25, 0.3) is 16.8 Å². The van der Waals surface area contributed by atoms with Crippen molar-refractivity contribution in [1.82, 2.24) is 14.6 Å². The fourth-order valence-corrected chi connectivity index (χ4v) is 5.06. The number of nitrogens with zero attached hydrogens (tertiary/aromatic N) is 4. The van der Waals surface area contributed by atoms with Crippen molar-refractivity contribution in [3.63, 3.8) is 0 Å². The van der Waals surface area contributed by atoms with Crippen molar-refractivity contribution in [3.05, 3.63) is 76.6 Å². The highest BCUT2D eigenvalue weighted by atomic mass is 16.5. The van der Waals surface area contributed by atoms with Crippen molar-refractivity contribution >= 4 is 11.5 Å². The summed E-state index contributed by atoms with van der Waals surface area (Å²) in [6, 6.07) is 16.8. The molecule has 5 rings (SSSR count). The van der Waals surface area contributed by atoms with Gasteiger partial charge in [0.05, 0.1) is 19.4 Å². The lowest BCUT2D eigenvalue weighted by atomic mass is 10.0. The largest absolute Gasteiger partial charge is 0.497 e. The van der Waals surface area contributed by atoms with Crippen LogP contribution in [0.4, 0.5) is 5.82 Å². The summed E-state index contributed by atoms with van der Waals surface area (Å²) in [7, 11) is 3.46. The van der Waals surface area contributed by atoms with Crippen LogP contribution < -0.4 is 9.64 Å². The molecule has 0 amide bonds. The van der Waals surface area contributed by atoms with Gasteiger partial charge in [0, 0.05) is 37.0 Å². The molecule has 2 heterocycles. The first kappa shape index (κ1) is 22.4. The van der Waals surface area contributed by atoms with Crippen molar-refractivity contribution < 1.29 is 9.47 Å². The molecular weight excluding hydrogens is 424 g/mol. The Kier molecular flexibility index (Phi) is 6.24. The van der Waals surface area contributed by atoms with Crippen molar-refractivity contribution in [1.29, 1.82) is 0 Å². The predicted molar refractivity (Wildman–Crippen MR) is 136 cm³/mol. The van der Waals surface area contributed by atoms with Crippen LogP contribution in [0.5, 0.6) is 5.75 Å². The first-order chi connectivity index (χ1) is 16.6. The highest BCUT2D eigenvalue weighted by Crippen LogP contribution is 2.38. The average Bonchev–Trinajstić information content (AvgIpc) is 3.44. The number of fused-ring (bicyclic) bond motifs is 2. The molecule has 2 aromatic carbocycles. The van der Waals surface area contributed by atoms with Gasteiger partial charge in [-0.05, 0) is 61.9 Å². The minimum Gasteiger partial charge on any atom is -0.497 e. The minimum absolute atomic E-state index is 0.649. The molecular formula is C28H32N4O2. The lowest BCUT2D eigenvalue weighted by molar-refractivity contribution is 0.204. The van der Waals surface area contributed by atoms with E-state index in [0.29, 0.717) is 6.61 Å². The van der Waals surface area contributed by atoms with Crippen LogP contribution in [-0.4, -0.2) is 42.0 Å². The quantitative estimate of drug-likeness (QED) is 0.366. The number of hydrogen-bond donors (Lipinski definition) is 0. The van der Waals surface area contributed by atoms with E-state index in [1.807, 2.05) is 6.07 Å². The Hall–Kier alpha value is -3.38. The topological polar surface area (TPSA) is 51.9 Å². The molecule has 34 heavy (non-hydrogen) atoms. The van der Waals surface area contributed by atoms with Gasteiger partial charge in [0.2, 0.25) is 0 Å². The number of ether oxygens (including phenoxy) is 2. The van der Waals surface area contributed by atoms with E-state index in [0.717, 1.165) is 72.0 Å². The van der Waals surface area contributed by atoms with E-state index in [9.17, 15) is 0 Å². The van der Waals surface area contributed by atoms with Gasteiger partial charge >= 0.3 is 0 Å². The van der Waals surface area contributed by atoms with E-state index in [1.54, 1.807) is 14.2 Å². The van der Waals surface area contributed by atoms with Gasteiger partial charge in [-0.15, -0.1) is 0 Å². The molecule has 6 heteroatoms. The Labute approximate surface area is 201 Å². The van der Waals surface area contributed by atoms with Gasteiger partial charge in [0.25, 0.3) is 0 Å². The van der Waals surface area contributed by atoms with Crippen LogP contribution in [0, 0.1) is 13.8 Å². The molecule has 0 saturated carbocycles. The van der Waals surface area contributed by atoms with Gasteiger partial charge in [-0.3, -0.25) is 0 Å². The molecule has 176 valence electrons. The number of rotatable bonds is 8. The third kappa shape index (κ3) is 4.03. The highest BCUT2D eigenvalue weighted by Gasteiger charge is 2.27. The van der Waals surface area contributed by atoms with Crippen molar-refractivity contribution in [2.75, 3.05) is 32.3 Å². The second kappa shape index (κ2) is 9.47. The van der Waals surface area contributed by atoms with Gasteiger partial charge in [-0.2, -0.15) is 9.61 Å². The van der Waals surface area contributed by atoms with Crippen molar-refractivity contribution in [3.8, 4) is 16.9 Å². The van der Waals surface area contributed by atoms with Gasteiger partial charge < -0.3 is 14.4 Å². The molecule has 0 N–H and O–H groups in total. The number of aryl methyl sites for hydroxylation is 3.